The van der Waals surface area contributed by atoms with Crippen molar-refractivity contribution in [2.75, 3.05) is 24.7 Å². The fraction of sp³-hybridized carbons (Fsp3) is 0.636. The molecule has 7 aliphatic carbocycles. The first-order valence-electron chi connectivity index (χ1n) is 15.9. The highest BCUT2D eigenvalue weighted by atomic mass is 19.1. The smallest absolute Gasteiger partial charge is 0.232 e. The van der Waals surface area contributed by atoms with Gasteiger partial charge in [-0.15, -0.1) is 0 Å². The Bertz CT molecular complexity index is 1510. The van der Waals surface area contributed by atoms with Crippen LogP contribution in [0.15, 0.2) is 41.2 Å². The molecule has 220 valence electrons. The Hall–Kier alpha value is -3.07. The minimum atomic E-state index is -1.00. The lowest BCUT2D eigenvalue weighted by atomic mass is 9.41. The molecule has 0 unspecified atom stereocenters. The first kappa shape index (κ1) is 25.4. The van der Waals surface area contributed by atoms with Gasteiger partial charge in [-0.05, 0) is 99.2 Å². The molecule has 8 aliphatic rings. The number of nitrogens with zero attached hydrogens (tertiary/aromatic N) is 5. The molecule has 1 amide bonds. The van der Waals surface area contributed by atoms with Crippen LogP contribution in [-0.2, 0) is 14.9 Å². The molecule has 2 aromatic heterocycles. The lowest BCUT2D eigenvalue weighted by Gasteiger charge is -2.66. The van der Waals surface area contributed by atoms with Crippen LogP contribution in [0.1, 0.15) is 101 Å². The normalized spacial score (nSPS) is 34.9. The Labute approximate surface area is 245 Å². The van der Waals surface area contributed by atoms with Gasteiger partial charge < -0.3 is 14.2 Å². The Kier molecular flexibility index (Phi) is 5.29. The number of carbonyl (C=O) groups excluding carboxylic acids is 1. The van der Waals surface area contributed by atoms with Crippen molar-refractivity contribution in [1.82, 2.24) is 19.9 Å². The number of hydrogen-bond acceptors (Lipinski definition) is 6. The van der Waals surface area contributed by atoms with Crippen molar-refractivity contribution in [1.29, 1.82) is 0 Å². The van der Waals surface area contributed by atoms with Gasteiger partial charge in [0.2, 0.25) is 11.8 Å². The SMILES string of the molecule is O=C(CC12CC(F)(C1)C2)N(CC12CCC(c3nc(C4CC4)no3)(CC1)CC2)c1cccc(-c2cnn(C3COC3)c2)c1. The van der Waals surface area contributed by atoms with E-state index in [1.165, 1.54) is 12.8 Å². The molecule has 1 saturated heterocycles. The maximum atomic E-state index is 14.4. The number of rotatable bonds is 9. The van der Waals surface area contributed by atoms with E-state index < -0.39 is 5.67 Å². The molecule has 0 N–H and O–H groups in total. The van der Waals surface area contributed by atoms with Crippen LogP contribution in [0.4, 0.5) is 10.1 Å². The number of hydrogen-bond donors (Lipinski definition) is 0. The largest absolute Gasteiger partial charge is 0.377 e. The van der Waals surface area contributed by atoms with Crippen LogP contribution in [0.5, 0.6) is 0 Å². The Morgan fingerprint density at radius 1 is 1.02 bits per heavy atom. The zero-order valence-electron chi connectivity index (χ0n) is 24.1. The van der Waals surface area contributed by atoms with Crippen molar-refractivity contribution >= 4 is 11.6 Å². The first-order valence-corrected chi connectivity index (χ1v) is 15.9. The predicted molar refractivity (Wildman–Crippen MR) is 153 cm³/mol. The molecule has 9 heteroatoms. The lowest BCUT2D eigenvalue weighted by Crippen LogP contribution is -2.65. The standard InChI is InChI=1S/C33H38FN5O3/c34-33-18-31(19-33,20-33)13-27(40)38(25-3-1-2-23(12-25)24-14-35-39(15-24)26-16-41-17-26)21-30-6-9-32(10-7-30,11-8-30)29-36-28(37-42-29)22-4-5-22/h1-3,12,14-15,22,26H,4-11,13,16-21H2. The summed E-state index contributed by atoms with van der Waals surface area (Å²) in [6.07, 6.45) is 14.6. The zero-order valence-corrected chi connectivity index (χ0v) is 24.1. The van der Waals surface area contributed by atoms with E-state index in [9.17, 15) is 9.18 Å². The van der Waals surface area contributed by atoms with Gasteiger partial charge in [0.15, 0.2) is 5.82 Å². The van der Waals surface area contributed by atoms with E-state index in [1.807, 2.05) is 16.9 Å². The molecule has 42 heavy (non-hydrogen) atoms. The maximum absolute atomic E-state index is 14.4. The summed E-state index contributed by atoms with van der Waals surface area (Å²) < 4.78 is 27.6. The molecule has 1 aliphatic heterocycles. The topological polar surface area (TPSA) is 86.3 Å². The highest BCUT2D eigenvalue weighted by molar-refractivity contribution is 5.95. The molecule has 11 rings (SSSR count). The van der Waals surface area contributed by atoms with Crippen molar-refractivity contribution in [3.63, 3.8) is 0 Å². The first-order chi connectivity index (χ1) is 20.3. The van der Waals surface area contributed by atoms with Gasteiger partial charge in [0.1, 0.15) is 5.67 Å². The van der Waals surface area contributed by atoms with Gasteiger partial charge in [0.25, 0.3) is 0 Å². The number of carbonyl (C=O) groups is 1. The minimum absolute atomic E-state index is 0.0104. The van der Waals surface area contributed by atoms with Crippen molar-refractivity contribution < 1.29 is 18.4 Å². The number of aromatic nitrogens is 4. The Morgan fingerprint density at radius 2 is 1.79 bits per heavy atom. The van der Waals surface area contributed by atoms with Gasteiger partial charge in [-0.25, -0.2) is 4.39 Å². The second-order valence-corrected chi connectivity index (χ2v) is 14.8. The van der Waals surface area contributed by atoms with Gasteiger partial charge >= 0.3 is 0 Å². The third-order valence-corrected chi connectivity index (χ3v) is 11.7. The third-order valence-electron chi connectivity index (χ3n) is 11.7. The molecule has 0 spiro atoms. The zero-order chi connectivity index (χ0) is 28.2. The molecule has 3 heterocycles. The van der Waals surface area contributed by atoms with Crippen LogP contribution in [-0.4, -0.2) is 51.3 Å². The Morgan fingerprint density at radius 3 is 2.45 bits per heavy atom. The van der Waals surface area contributed by atoms with Crippen LogP contribution in [0.2, 0.25) is 0 Å². The van der Waals surface area contributed by atoms with Crippen LogP contribution in [0, 0.1) is 10.8 Å². The molecular weight excluding hydrogens is 533 g/mol. The molecule has 7 saturated carbocycles. The summed E-state index contributed by atoms with van der Waals surface area (Å²) in [5.41, 5.74) is 1.96. The third kappa shape index (κ3) is 4.02. The highest BCUT2D eigenvalue weighted by Crippen LogP contribution is 2.71. The monoisotopic (exact) mass is 571 g/mol. The number of halogens is 1. The van der Waals surface area contributed by atoms with E-state index in [1.54, 1.807) is 0 Å². The van der Waals surface area contributed by atoms with Crippen molar-refractivity contribution in [2.45, 2.75) is 100 Å². The quantitative estimate of drug-likeness (QED) is 0.300. The second kappa shape index (κ2) is 8.74. The summed E-state index contributed by atoms with van der Waals surface area (Å²) in [6, 6.07) is 8.63. The summed E-state index contributed by atoms with van der Waals surface area (Å²) in [7, 11) is 0. The maximum Gasteiger partial charge on any atom is 0.232 e. The molecule has 3 aromatic rings. The van der Waals surface area contributed by atoms with E-state index in [2.05, 4.69) is 39.6 Å². The average Bonchev–Trinajstić information content (AvgIpc) is 3.46. The van der Waals surface area contributed by atoms with Crippen molar-refractivity contribution in [2.24, 2.45) is 10.8 Å². The van der Waals surface area contributed by atoms with Gasteiger partial charge in [0.05, 0.1) is 25.5 Å². The molecule has 0 atom stereocenters. The van der Waals surface area contributed by atoms with E-state index in [-0.39, 0.29) is 22.2 Å². The molecule has 0 radical (unpaired) electrons. The summed E-state index contributed by atoms with van der Waals surface area (Å²) >= 11 is 0. The number of amides is 1. The second-order valence-electron chi connectivity index (χ2n) is 14.8. The molecule has 8 nitrogen and oxygen atoms in total. The van der Waals surface area contributed by atoms with E-state index in [0.29, 0.717) is 57.4 Å². The van der Waals surface area contributed by atoms with E-state index in [4.69, 9.17) is 14.2 Å². The van der Waals surface area contributed by atoms with Crippen LogP contribution in [0.3, 0.4) is 0 Å². The number of fused-ring (bicyclic) bond motifs is 3. The van der Waals surface area contributed by atoms with Crippen molar-refractivity contribution in [3.05, 3.63) is 48.4 Å². The van der Waals surface area contributed by atoms with Gasteiger partial charge in [-0.1, -0.05) is 17.3 Å². The molecule has 8 fully saturated rings. The van der Waals surface area contributed by atoms with Crippen LogP contribution < -0.4 is 4.90 Å². The van der Waals surface area contributed by atoms with Gasteiger partial charge in [-0.3, -0.25) is 9.48 Å². The summed E-state index contributed by atoms with van der Waals surface area (Å²) in [6.45, 7) is 2.10. The number of anilines is 1. The number of benzene rings is 1. The molecule has 1 aromatic carbocycles. The number of ether oxygens (including phenoxy) is 1. The average molecular weight is 572 g/mol. The summed E-state index contributed by atoms with van der Waals surface area (Å²) in [4.78, 5) is 21.0. The minimum Gasteiger partial charge on any atom is -0.377 e. The fourth-order valence-electron chi connectivity index (χ4n) is 8.82. The predicted octanol–water partition coefficient (Wildman–Crippen LogP) is 6.29. The summed E-state index contributed by atoms with van der Waals surface area (Å²) in [5.74, 6) is 2.37. The summed E-state index contributed by atoms with van der Waals surface area (Å²) in [5, 5.41) is 8.90. The van der Waals surface area contributed by atoms with Crippen LogP contribution >= 0.6 is 0 Å². The number of alkyl halides is 1. The molecular formula is C33H38FN5O3. The molecule has 4 bridgehead atoms. The van der Waals surface area contributed by atoms with E-state index in [0.717, 1.165) is 67.1 Å². The Balaban J connectivity index is 0.975. The van der Waals surface area contributed by atoms with E-state index >= 15 is 0 Å². The van der Waals surface area contributed by atoms with Gasteiger partial charge in [-0.2, -0.15) is 10.1 Å². The van der Waals surface area contributed by atoms with Crippen LogP contribution in [0.25, 0.3) is 11.1 Å². The van der Waals surface area contributed by atoms with Crippen molar-refractivity contribution in [3.8, 4) is 11.1 Å². The lowest BCUT2D eigenvalue weighted by molar-refractivity contribution is -0.215. The fourth-order valence-corrected chi connectivity index (χ4v) is 8.82. The van der Waals surface area contributed by atoms with Gasteiger partial charge in [0, 0.05) is 41.7 Å². The highest BCUT2D eigenvalue weighted by Gasteiger charge is 2.69.